The number of anilines is 3. The molecule has 40 heavy (non-hydrogen) atoms. The van der Waals surface area contributed by atoms with E-state index in [1.807, 2.05) is 48.8 Å². The molecule has 0 radical (unpaired) electrons. The summed E-state index contributed by atoms with van der Waals surface area (Å²) in [4.78, 5) is 11.7. The van der Waals surface area contributed by atoms with Gasteiger partial charge in [0.05, 0.1) is 22.8 Å². The van der Waals surface area contributed by atoms with Crippen LogP contribution in [0, 0.1) is 0 Å². The summed E-state index contributed by atoms with van der Waals surface area (Å²) in [5.41, 5.74) is 6.89. The van der Waals surface area contributed by atoms with Gasteiger partial charge in [-0.1, -0.05) is 72.8 Å². The van der Waals surface area contributed by atoms with Crippen LogP contribution in [0.3, 0.4) is 0 Å². The van der Waals surface area contributed by atoms with Crippen LogP contribution in [0.5, 0.6) is 11.5 Å². The van der Waals surface area contributed by atoms with Gasteiger partial charge < -0.3 is 9.64 Å². The molecule has 1 aliphatic heterocycles. The SMILES string of the molecule is c1ccc(-c2cc(-c3ccccn3)cc(N3c4ccc5ccccc5c4Oc4ccc5ccccc5c43)c2)nc1. The summed E-state index contributed by atoms with van der Waals surface area (Å²) in [6.07, 6.45) is 3.67. The molecule has 2 aromatic heterocycles. The van der Waals surface area contributed by atoms with Crippen molar-refractivity contribution in [2.75, 3.05) is 4.90 Å². The molecule has 0 atom stereocenters. The second kappa shape index (κ2) is 9.07. The Kier molecular flexibility index (Phi) is 5.10. The fourth-order valence-corrected chi connectivity index (χ4v) is 5.66. The normalized spacial score (nSPS) is 12.2. The Morgan fingerprint density at radius 1 is 0.525 bits per heavy atom. The molecule has 188 valence electrons. The van der Waals surface area contributed by atoms with Crippen LogP contribution in [0.2, 0.25) is 0 Å². The molecule has 1 aliphatic rings. The first-order valence-corrected chi connectivity index (χ1v) is 13.3. The molecule has 0 unspecified atom stereocenters. The summed E-state index contributed by atoms with van der Waals surface area (Å²) in [5.74, 6) is 1.67. The fraction of sp³-hybridized carbons (Fsp3) is 0. The number of benzene rings is 5. The van der Waals surface area contributed by atoms with E-state index < -0.39 is 0 Å². The number of pyridine rings is 2. The zero-order chi connectivity index (χ0) is 26.5. The van der Waals surface area contributed by atoms with E-state index in [2.05, 4.69) is 106 Å². The molecule has 0 spiro atoms. The first kappa shape index (κ1) is 22.5. The van der Waals surface area contributed by atoms with E-state index in [-0.39, 0.29) is 0 Å². The standard InChI is InChI=1S/C36H23N3O/c1-3-11-29-24(9-1)16-18-34-35(29)39(33-17-15-25-10-2-4-12-30(25)36(33)40-34)28-22-26(31-13-5-7-19-37-31)21-27(23-28)32-14-6-8-20-38-32/h1-23H. The fourth-order valence-electron chi connectivity index (χ4n) is 5.66. The lowest BCUT2D eigenvalue weighted by Gasteiger charge is -2.35. The zero-order valence-corrected chi connectivity index (χ0v) is 21.5. The first-order chi connectivity index (χ1) is 19.8. The number of ether oxygens (including phenoxy) is 1. The third kappa shape index (κ3) is 3.62. The number of fused-ring (bicyclic) bond motifs is 6. The van der Waals surface area contributed by atoms with Crippen molar-refractivity contribution in [3.8, 4) is 34.0 Å². The topological polar surface area (TPSA) is 38.2 Å². The Hall–Kier alpha value is -5.48. The van der Waals surface area contributed by atoms with Gasteiger partial charge in [0.2, 0.25) is 0 Å². The molecular formula is C36H23N3O. The van der Waals surface area contributed by atoms with Gasteiger partial charge in [0, 0.05) is 40.0 Å². The van der Waals surface area contributed by atoms with Gasteiger partial charge in [0.25, 0.3) is 0 Å². The quantitative estimate of drug-likeness (QED) is 0.236. The van der Waals surface area contributed by atoms with E-state index >= 15 is 0 Å². The molecule has 0 amide bonds. The highest BCUT2D eigenvalue weighted by Crippen LogP contribution is 2.55. The Morgan fingerprint density at radius 2 is 1.12 bits per heavy atom. The molecule has 3 heterocycles. The average molecular weight is 514 g/mol. The minimum atomic E-state index is 0.824. The van der Waals surface area contributed by atoms with Crippen molar-refractivity contribution in [1.29, 1.82) is 0 Å². The third-order valence-corrected chi connectivity index (χ3v) is 7.50. The van der Waals surface area contributed by atoms with Crippen molar-refractivity contribution in [2.24, 2.45) is 0 Å². The van der Waals surface area contributed by atoms with Crippen LogP contribution in [0.15, 0.2) is 140 Å². The molecule has 0 bridgehead atoms. The zero-order valence-electron chi connectivity index (χ0n) is 21.5. The van der Waals surface area contributed by atoms with Gasteiger partial charge in [-0.3, -0.25) is 9.97 Å². The van der Waals surface area contributed by atoms with Crippen molar-refractivity contribution in [2.45, 2.75) is 0 Å². The van der Waals surface area contributed by atoms with E-state index in [0.717, 1.165) is 72.6 Å². The smallest absolute Gasteiger partial charge is 0.159 e. The maximum Gasteiger partial charge on any atom is 0.159 e. The lowest BCUT2D eigenvalue weighted by atomic mass is 9.99. The van der Waals surface area contributed by atoms with Crippen molar-refractivity contribution >= 4 is 38.6 Å². The maximum atomic E-state index is 6.71. The second-order valence-corrected chi connectivity index (χ2v) is 9.90. The average Bonchev–Trinajstić information content (AvgIpc) is 3.04. The van der Waals surface area contributed by atoms with Gasteiger partial charge in [-0.15, -0.1) is 0 Å². The molecule has 5 aromatic carbocycles. The monoisotopic (exact) mass is 513 g/mol. The van der Waals surface area contributed by atoms with E-state index in [9.17, 15) is 0 Å². The maximum absolute atomic E-state index is 6.71. The van der Waals surface area contributed by atoms with Crippen LogP contribution in [-0.4, -0.2) is 9.97 Å². The van der Waals surface area contributed by atoms with Crippen molar-refractivity contribution in [1.82, 2.24) is 9.97 Å². The van der Waals surface area contributed by atoms with Crippen LogP contribution in [0.25, 0.3) is 44.1 Å². The van der Waals surface area contributed by atoms with Gasteiger partial charge in [0.15, 0.2) is 11.5 Å². The molecule has 4 nitrogen and oxygen atoms in total. The first-order valence-electron chi connectivity index (χ1n) is 13.3. The number of hydrogen-bond acceptors (Lipinski definition) is 4. The van der Waals surface area contributed by atoms with Gasteiger partial charge >= 0.3 is 0 Å². The van der Waals surface area contributed by atoms with Gasteiger partial charge in [-0.2, -0.15) is 0 Å². The summed E-state index contributed by atoms with van der Waals surface area (Å²) >= 11 is 0. The Morgan fingerprint density at radius 3 is 1.80 bits per heavy atom. The van der Waals surface area contributed by atoms with E-state index in [1.54, 1.807) is 0 Å². The van der Waals surface area contributed by atoms with Crippen LogP contribution in [-0.2, 0) is 0 Å². The molecule has 0 N–H and O–H groups in total. The third-order valence-electron chi connectivity index (χ3n) is 7.50. The number of hydrogen-bond donors (Lipinski definition) is 0. The Labute approximate surface area is 231 Å². The molecule has 0 saturated carbocycles. The van der Waals surface area contributed by atoms with Crippen LogP contribution in [0.4, 0.5) is 17.1 Å². The van der Waals surface area contributed by atoms with Crippen molar-refractivity contribution < 1.29 is 4.74 Å². The Balaban J connectivity index is 1.46. The predicted molar refractivity (Wildman–Crippen MR) is 163 cm³/mol. The molecular weight excluding hydrogens is 490 g/mol. The lowest BCUT2D eigenvalue weighted by molar-refractivity contribution is 0.483. The molecule has 7 aromatic rings. The Bertz CT molecular complexity index is 1980. The second-order valence-electron chi connectivity index (χ2n) is 9.90. The van der Waals surface area contributed by atoms with Gasteiger partial charge in [-0.25, -0.2) is 0 Å². The van der Waals surface area contributed by atoms with Crippen LogP contribution < -0.4 is 9.64 Å². The summed E-state index contributed by atoms with van der Waals surface area (Å²) in [5, 5.41) is 4.50. The number of nitrogens with zero attached hydrogens (tertiary/aromatic N) is 3. The van der Waals surface area contributed by atoms with Crippen LogP contribution in [0.1, 0.15) is 0 Å². The summed E-state index contributed by atoms with van der Waals surface area (Å²) in [7, 11) is 0. The largest absolute Gasteiger partial charge is 0.452 e. The highest BCUT2D eigenvalue weighted by Gasteiger charge is 2.30. The molecule has 0 fully saturated rings. The molecule has 4 heteroatoms. The predicted octanol–water partition coefficient (Wildman–Crippen LogP) is 9.69. The molecule has 0 saturated heterocycles. The lowest BCUT2D eigenvalue weighted by Crippen LogP contribution is -2.16. The van der Waals surface area contributed by atoms with E-state index in [4.69, 9.17) is 4.74 Å². The molecule has 0 aliphatic carbocycles. The van der Waals surface area contributed by atoms with Gasteiger partial charge in [0.1, 0.15) is 0 Å². The highest BCUT2D eigenvalue weighted by atomic mass is 16.5. The summed E-state index contributed by atoms with van der Waals surface area (Å²) in [6.45, 7) is 0. The number of rotatable bonds is 3. The molecule has 8 rings (SSSR count). The van der Waals surface area contributed by atoms with E-state index in [1.165, 1.54) is 0 Å². The highest BCUT2D eigenvalue weighted by molar-refractivity contribution is 6.07. The number of aromatic nitrogens is 2. The van der Waals surface area contributed by atoms with Gasteiger partial charge in [-0.05, 0) is 65.4 Å². The minimum absolute atomic E-state index is 0.824. The summed E-state index contributed by atoms with van der Waals surface area (Å²) in [6, 6.07) is 44.0. The van der Waals surface area contributed by atoms with Crippen molar-refractivity contribution in [3.63, 3.8) is 0 Å². The van der Waals surface area contributed by atoms with Crippen molar-refractivity contribution in [3.05, 3.63) is 140 Å². The minimum Gasteiger partial charge on any atom is -0.452 e. The van der Waals surface area contributed by atoms with Crippen LogP contribution >= 0.6 is 0 Å². The van der Waals surface area contributed by atoms with E-state index in [0.29, 0.717) is 0 Å². The summed E-state index contributed by atoms with van der Waals surface area (Å²) < 4.78 is 6.71.